The van der Waals surface area contributed by atoms with Gasteiger partial charge in [-0.25, -0.2) is 0 Å². The maximum atomic E-state index is 12.6. The van der Waals surface area contributed by atoms with Crippen molar-refractivity contribution in [3.8, 4) is 11.8 Å². The number of nitriles is 1. The molecular weight excluding hydrogens is 641 g/mol. The highest BCUT2D eigenvalue weighted by molar-refractivity contribution is 14.1. The van der Waals surface area contributed by atoms with Crippen LogP contribution in [0.1, 0.15) is 5.56 Å². The maximum Gasteiger partial charge on any atom is 0.339 e. The van der Waals surface area contributed by atoms with E-state index in [4.69, 9.17) is 4.18 Å². The van der Waals surface area contributed by atoms with Gasteiger partial charge in [-0.05, 0) is 86.6 Å². The second kappa shape index (κ2) is 10.8. The van der Waals surface area contributed by atoms with Gasteiger partial charge in [-0.15, -0.1) is 0 Å². The van der Waals surface area contributed by atoms with Crippen LogP contribution < -0.4 is 9.50 Å². The van der Waals surface area contributed by atoms with E-state index in [2.05, 4.69) is 43.8 Å². The predicted molar refractivity (Wildman–Crippen MR) is 136 cm³/mol. The molecule has 0 bridgehead atoms. The van der Waals surface area contributed by atoms with E-state index in [-0.39, 0.29) is 20.7 Å². The molecule has 0 aliphatic carbocycles. The van der Waals surface area contributed by atoms with Crippen molar-refractivity contribution >= 4 is 72.0 Å². The van der Waals surface area contributed by atoms with Gasteiger partial charge in [0, 0.05) is 21.4 Å². The minimum Gasteiger partial charge on any atom is -0.378 e. The molecule has 3 aromatic carbocycles. The fourth-order valence-corrected chi connectivity index (χ4v) is 4.79. The number of carbonyl (C=O) groups is 1. The minimum atomic E-state index is -4.35. The molecule has 0 saturated carbocycles. The summed E-state index contributed by atoms with van der Waals surface area (Å²) in [6, 6.07) is 17.6. The summed E-state index contributed by atoms with van der Waals surface area (Å²) in [6.45, 7) is 0. The molecule has 172 valence electrons. The molecule has 0 aliphatic rings. The normalized spacial score (nSPS) is 11.4. The number of halogens is 2. The molecule has 1 amide bonds. The lowest BCUT2D eigenvalue weighted by atomic mass is 10.1. The topological polar surface area (TPSA) is 139 Å². The third kappa shape index (κ3) is 6.40. The number of nitrogens with zero attached hydrogens (tertiary/aromatic N) is 2. The van der Waals surface area contributed by atoms with Gasteiger partial charge in [0.05, 0.1) is 9.40 Å². The molecule has 0 spiro atoms. The fraction of sp³-hybridized carbons (Fsp3) is 0. The highest BCUT2D eigenvalue weighted by Crippen LogP contribution is 2.30. The van der Waals surface area contributed by atoms with Crippen molar-refractivity contribution in [2.75, 3.05) is 5.32 Å². The average molecular weight is 654 g/mol. The monoisotopic (exact) mass is 653 g/mol. The summed E-state index contributed by atoms with van der Waals surface area (Å²) in [5.41, 5.74) is 0.413. The van der Waals surface area contributed by atoms with Gasteiger partial charge < -0.3 is 9.50 Å². The lowest BCUT2D eigenvalue weighted by Gasteiger charge is -2.09. The van der Waals surface area contributed by atoms with Crippen LogP contribution in [0.5, 0.6) is 5.75 Å². The smallest absolute Gasteiger partial charge is 0.339 e. The first-order valence-electron chi connectivity index (χ1n) is 9.26. The first-order chi connectivity index (χ1) is 16.1. The molecule has 3 aromatic rings. The van der Waals surface area contributed by atoms with Crippen molar-refractivity contribution in [1.29, 1.82) is 5.26 Å². The van der Waals surface area contributed by atoms with Crippen LogP contribution in [0.4, 0.5) is 11.4 Å². The number of benzene rings is 3. The average Bonchev–Trinajstić information content (AvgIpc) is 2.79. The Labute approximate surface area is 216 Å². The van der Waals surface area contributed by atoms with E-state index < -0.39 is 26.6 Å². The van der Waals surface area contributed by atoms with Crippen LogP contribution in [0, 0.1) is 25.0 Å². The number of hydrogen-bond acceptors (Lipinski definition) is 7. The first kappa shape index (κ1) is 25.3. The summed E-state index contributed by atoms with van der Waals surface area (Å²) >= 11 is 5.31. The molecule has 0 saturated heterocycles. The van der Waals surface area contributed by atoms with Gasteiger partial charge in [-0.3, -0.25) is 14.9 Å². The van der Waals surface area contributed by atoms with Gasteiger partial charge in [0.25, 0.3) is 11.6 Å². The quantitative estimate of drug-likeness (QED) is 0.0914. The Kier molecular flexibility index (Phi) is 8.02. The third-order valence-electron chi connectivity index (χ3n) is 4.23. The number of nitro benzene ring substituents is 1. The third-order valence-corrected chi connectivity index (χ3v) is 6.75. The number of amides is 1. The van der Waals surface area contributed by atoms with Crippen molar-refractivity contribution in [2.24, 2.45) is 0 Å². The van der Waals surface area contributed by atoms with Gasteiger partial charge in [-0.1, -0.05) is 18.2 Å². The van der Waals surface area contributed by atoms with Gasteiger partial charge in [0.2, 0.25) is 0 Å². The van der Waals surface area contributed by atoms with E-state index in [1.165, 1.54) is 36.4 Å². The molecule has 0 fully saturated rings. The molecule has 0 unspecified atom stereocenters. The van der Waals surface area contributed by atoms with Crippen molar-refractivity contribution in [3.63, 3.8) is 0 Å². The number of non-ortho nitro benzene ring substituents is 1. The highest BCUT2D eigenvalue weighted by atomic mass is 127. The number of rotatable bonds is 7. The zero-order valence-electron chi connectivity index (χ0n) is 16.9. The molecular formula is C22H13BrIN3O6S. The Morgan fingerprint density at radius 1 is 1.15 bits per heavy atom. The molecule has 0 heterocycles. The number of nitro groups is 1. The summed E-state index contributed by atoms with van der Waals surface area (Å²) in [4.78, 5) is 22.3. The van der Waals surface area contributed by atoms with Crippen LogP contribution in [0.3, 0.4) is 0 Å². The minimum absolute atomic E-state index is 0.0783. The summed E-state index contributed by atoms with van der Waals surface area (Å²) in [5.74, 6) is -0.681. The second-order valence-electron chi connectivity index (χ2n) is 6.62. The summed E-state index contributed by atoms with van der Waals surface area (Å²) in [5, 5.41) is 23.0. The Bertz CT molecular complexity index is 1470. The number of nitrogens with one attached hydrogen (secondary N) is 1. The van der Waals surface area contributed by atoms with Crippen molar-refractivity contribution in [2.45, 2.75) is 4.90 Å². The van der Waals surface area contributed by atoms with Crippen molar-refractivity contribution in [3.05, 3.63) is 96.0 Å². The maximum absolute atomic E-state index is 12.6. The van der Waals surface area contributed by atoms with E-state index in [9.17, 15) is 28.6 Å². The molecule has 3 rings (SSSR count). The number of anilines is 1. The summed E-state index contributed by atoms with van der Waals surface area (Å²) < 4.78 is 31.4. The van der Waals surface area contributed by atoms with Gasteiger partial charge in [0.15, 0.2) is 5.75 Å². The van der Waals surface area contributed by atoms with Gasteiger partial charge in [-0.2, -0.15) is 13.7 Å². The van der Waals surface area contributed by atoms with E-state index in [0.29, 0.717) is 11.3 Å². The van der Waals surface area contributed by atoms with E-state index in [0.717, 1.165) is 15.7 Å². The lowest BCUT2D eigenvalue weighted by Crippen LogP contribution is -2.13. The fourth-order valence-electron chi connectivity index (χ4n) is 2.67. The zero-order chi connectivity index (χ0) is 24.9. The van der Waals surface area contributed by atoms with Gasteiger partial charge in [0.1, 0.15) is 16.5 Å². The van der Waals surface area contributed by atoms with E-state index >= 15 is 0 Å². The highest BCUT2D eigenvalue weighted by Gasteiger charge is 2.21. The summed E-state index contributed by atoms with van der Waals surface area (Å²) in [7, 11) is -4.35. The molecule has 0 aliphatic heterocycles. The standard InChI is InChI=1S/C22H13BrIN3O6S/c23-20-10-14(9-15(13-25)22(28)26-17-4-1-3-16(24)11-17)7-8-21(20)33-34(31,32)19-6-2-5-18(12-19)27(29)30/h1-12H,(H,26,28)/b15-9+. The predicted octanol–water partition coefficient (Wildman–Crippen LogP) is 5.28. The Morgan fingerprint density at radius 2 is 1.88 bits per heavy atom. The molecule has 0 aromatic heterocycles. The van der Waals surface area contributed by atoms with Crippen LogP contribution in [0.2, 0.25) is 0 Å². The molecule has 9 nitrogen and oxygen atoms in total. The van der Waals surface area contributed by atoms with Crippen LogP contribution in [-0.4, -0.2) is 19.2 Å². The molecule has 1 N–H and O–H groups in total. The molecule has 12 heteroatoms. The molecule has 0 radical (unpaired) electrons. The van der Waals surface area contributed by atoms with Crippen LogP contribution in [0.25, 0.3) is 6.08 Å². The van der Waals surface area contributed by atoms with Crippen LogP contribution >= 0.6 is 38.5 Å². The van der Waals surface area contributed by atoms with Gasteiger partial charge >= 0.3 is 10.1 Å². The zero-order valence-corrected chi connectivity index (χ0v) is 21.5. The second-order valence-corrected chi connectivity index (χ2v) is 10.3. The Balaban J connectivity index is 1.81. The first-order valence-corrected chi connectivity index (χ1v) is 12.5. The SMILES string of the molecule is N#C/C(=C\c1ccc(OS(=O)(=O)c2cccc([N+](=O)[O-])c2)c(Br)c1)C(=O)Nc1cccc(I)c1. The van der Waals surface area contributed by atoms with Crippen LogP contribution in [-0.2, 0) is 14.9 Å². The summed E-state index contributed by atoms with van der Waals surface area (Å²) in [6.07, 6.45) is 1.34. The Morgan fingerprint density at radius 3 is 2.53 bits per heavy atom. The van der Waals surface area contributed by atoms with Crippen molar-refractivity contribution in [1.82, 2.24) is 0 Å². The molecule has 34 heavy (non-hydrogen) atoms. The molecule has 0 atom stereocenters. The lowest BCUT2D eigenvalue weighted by molar-refractivity contribution is -0.385. The van der Waals surface area contributed by atoms with Crippen molar-refractivity contribution < 1.29 is 22.3 Å². The van der Waals surface area contributed by atoms with Crippen LogP contribution in [0.15, 0.2) is 81.7 Å². The number of carbonyl (C=O) groups excluding carboxylic acids is 1. The van der Waals surface area contributed by atoms with E-state index in [1.807, 2.05) is 12.1 Å². The largest absolute Gasteiger partial charge is 0.378 e. The Hall–Kier alpha value is -3.28. The number of hydrogen-bond donors (Lipinski definition) is 1. The van der Waals surface area contributed by atoms with E-state index in [1.54, 1.807) is 18.2 Å².